The van der Waals surface area contributed by atoms with Crippen LogP contribution in [-0.2, 0) is 23.9 Å². The molecule has 0 aliphatic carbocycles. The van der Waals surface area contributed by atoms with Gasteiger partial charge in [0.05, 0.1) is 12.1 Å². The van der Waals surface area contributed by atoms with Gasteiger partial charge in [-0.2, -0.15) is 18.2 Å². The molecule has 0 bridgehead atoms. The molecule has 1 fully saturated rings. The zero-order valence-electron chi connectivity index (χ0n) is 18.0. The lowest BCUT2D eigenvalue weighted by Gasteiger charge is -2.30. The van der Waals surface area contributed by atoms with Crippen molar-refractivity contribution in [1.82, 2.24) is 29.5 Å². The molecule has 172 valence electrons. The Morgan fingerprint density at radius 3 is 2.78 bits per heavy atom. The van der Waals surface area contributed by atoms with Crippen molar-refractivity contribution in [3.63, 3.8) is 0 Å². The van der Waals surface area contributed by atoms with Gasteiger partial charge in [0.15, 0.2) is 5.13 Å². The van der Waals surface area contributed by atoms with E-state index in [1.165, 1.54) is 24.2 Å². The monoisotopic (exact) mass is 467 g/mol. The molecule has 1 aliphatic heterocycles. The summed E-state index contributed by atoms with van der Waals surface area (Å²) in [6.45, 7) is 8.34. The summed E-state index contributed by atoms with van der Waals surface area (Å²) in [5.41, 5.74) is 2.25. The van der Waals surface area contributed by atoms with Crippen LogP contribution in [0.3, 0.4) is 0 Å². The minimum absolute atomic E-state index is 0.0552. The smallest absolute Gasteiger partial charge is 0.302 e. The molecule has 1 unspecified atom stereocenters. The van der Waals surface area contributed by atoms with Crippen LogP contribution in [0.15, 0.2) is 5.38 Å². The molecule has 32 heavy (non-hydrogen) atoms. The van der Waals surface area contributed by atoms with E-state index in [9.17, 15) is 18.0 Å². The Hall–Kier alpha value is -2.60. The van der Waals surface area contributed by atoms with Crippen LogP contribution in [0.4, 0.5) is 18.3 Å². The fourth-order valence-corrected chi connectivity index (χ4v) is 4.72. The average molecular weight is 468 g/mol. The number of carbonyl (C=O) groups excluding carboxylic acids is 1. The molecular weight excluding hydrogens is 443 g/mol. The predicted molar refractivity (Wildman–Crippen MR) is 113 cm³/mol. The standard InChI is InChI=1S/C20H24F3N7OS/c1-11-5-4-6-29(8-11)9-14-10-32-19(25-14)26-16(31)7-15-12(2)24-18-27-17(20(21,22)23)28-30(18)13(15)3/h10-11H,4-9H2,1-3H3,(H,25,26,31). The second kappa shape index (κ2) is 8.74. The number of thiazole rings is 1. The SMILES string of the molecule is Cc1nc2nc(C(F)(F)F)nn2c(C)c1CC(=O)Nc1nc(CN2CCCC(C)C2)cs1. The number of aryl methyl sites for hydroxylation is 2. The number of likely N-dealkylation sites (tertiary alicyclic amines) is 1. The maximum Gasteiger partial charge on any atom is 0.453 e. The van der Waals surface area contributed by atoms with Crippen LogP contribution >= 0.6 is 11.3 Å². The van der Waals surface area contributed by atoms with Crippen molar-refractivity contribution < 1.29 is 18.0 Å². The van der Waals surface area contributed by atoms with Crippen LogP contribution in [0.2, 0.25) is 0 Å². The van der Waals surface area contributed by atoms with Crippen LogP contribution in [0.1, 0.15) is 48.2 Å². The van der Waals surface area contributed by atoms with E-state index in [1.54, 1.807) is 13.8 Å². The Labute approximate surface area is 186 Å². The normalized spacial score (nSPS) is 17.8. The van der Waals surface area contributed by atoms with Crippen LogP contribution in [0.5, 0.6) is 0 Å². The summed E-state index contributed by atoms with van der Waals surface area (Å²) in [5.74, 6) is -1.04. The highest BCUT2D eigenvalue weighted by molar-refractivity contribution is 7.13. The number of fused-ring (bicyclic) bond motifs is 1. The summed E-state index contributed by atoms with van der Waals surface area (Å²) >= 11 is 1.36. The van der Waals surface area contributed by atoms with Crippen molar-refractivity contribution in [3.8, 4) is 0 Å². The van der Waals surface area contributed by atoms with Crippen molar-refractivity contribution >= 4 is 28.2 Å². The van der Waals surface area contributed by atoms with Gasteiger partial charge in [-0.15, -0.1) is 16.4 Å². The van der Waals surface area contributed by atoms with Crippen molar-refractivity contribution in [2.75, 3.05) is 18.4 Å². The quantitative estimate of drug-likeness (QED) is 0.617. The average Bonchev–Trinajstić information content (AvgIpc) is 3.32. The van der Waals surface area contributed by atoms with Crippen molar-refractivity contribution in [1.29, 1.82) is 0 Å². The zero-order valence-corrected chi connectivity index (χ0v) is 18.8. The Morgan fingerprint density at radius 2 is 2.06 bits per heavy atom. The lowest BCUT2D eigenvalue weighted by Crippen LogP contribution is -2.33. The number of rotatable bonds is 5. The van der Waals surface area contributed by atoms with E-state index in [0.717, 1.165) is 29.8 Å². The molecule has 1 amide bonds. The fraction of sp³-hybridized carbons (Fsp3) is 0.550. The minimum Gasteiger partial charge on any atom is -0.302 e. The summed E-state index contributed by atoms with van der Waals surface area (Å²) in [5, 5.41) is 8.73. The van der Waals surface area contributed by atoms with Crippen molar-refractivity contribution in [2.24, 2.45) is 5.92 Å². The highest BCUT2D eigenvalue weighted by Gasteiger charge is 2.37. The van der Waals surface area contributed by atoms with Gasteiger partial charge in [-0.1, -0.05) is 6.92 Å². The summed E-state index contributed by atoms with van der Waals surface area (Å²) in [6, 6.07) is 0. The van der Waals surface area contributed by atoms with E-state index in [2.05, 4.69) is 37.2 Å². The van der Waals surface area contributed by atoms with Gasteiger partial charge in [0.25, 0.3) is 11.6 Å². The van der Waals surface area contributed by atoms with Crippen LogP contribution in [-0.4, -0.2) is 48.5 Å². The molecule has 1 N–H and O–H groups in total. The third-order valence-corrected chi connectivity index (χ3v) is 6.37. The number of anilines is 1. The van der Waals surface area contributed by atoms with Gasteiger partial charge in [0, 0.05) is 35.4 Å². The number of amides is 1. The third kappa shape index (κ3) is 4.90. The Morgan fingerprint density at radius 1 is 1.28 bits per heavy atom. The van der Waals surface area contributed by atoms with E-state index in [0.29, 0.717) is 28.0 Å². The van der Waals surface area contributed by atoms with E-state index in [-0.39, 0.29) is 18.1 Å². The van der Waals surface area contributed by atoms with Crippen molar-refractivity contribution in [3.05, 3.63) is 33.8 Å². The number of hydrogen-bond acceptors (Lipinski definition) is 7. The van der Waals surface area contributed by atoms with Gasteiger partial charge >= 0.3 is 6.18 Å². The lowest BCUT2D eigenvalue weighted by molar-refractivity contribution is -0.144. The van der Waals surface area contributed by atoms with E-state index >= 15 is 0 Å². The van der Waals surface area contributed by atoms with Crippen LogP contribution in [0, 0.1) is 19.8 Å². The fourth-order valence-electron chi connectivity index (χ4n) is 4.00. The molecule has 0 aromatic carbocycles. The first-order valence-corrected chi connectivity index (χ1v) is 11.2. The highest BCUT2D eigenvalue weighted by atomic mass is 32.1. The highest BCUT2D eigenvalue weighted by Crippen LogP contribution is 2.27. The number of halogens is 3. The second-order valence-electron chi connectivity index (χ2n) is 8.26. The van der Waals surface area contributed by atoms with Gasteiger partial charge in [-0.05, 0) is 39.2 Å². The molecular formula is C20H24F3N7OS. The number of aromatic nitrogens is 5. The summed E-state index contributed by atoms with van der Waals surface area (Å²) < 4.78 is 39.9. The molecule has 0 saturated carbocycles. The summed E-state index contributed by atoms with van der Waals surface area (Å²) in [7, 11) is 0. The summed E-state index contributed by atoms with van der Waals surface area (Å²) in [6.07, 6.45) is -2.29. The number of piperidine rings is 1. The molecule has 8 nitrogen and oxygen atoms in total. The van der Waals surface area contributed by atoms with E-state index in [1.807, 2.05) is 5.38 Å². The number of nitrogens with zero attached hydrogens (tertiary/aromatic N) is 6. The zero-order chi connectivity index (χ0) is 23.0. The molecule has 0 spiro atoms. The minimum atomic E-state index is -4.67. The lowest BCUT2D eigenvalue weighted by atomic mass is 10.0. The Balaban J connectivity index is 1.44. The largest absolute Gasteiger partial charge is 0.453 e. The first kappa shape index (κ1) is 22.6. The van der Waals surface area contributed by atoms with Gasteiger partial charge < -0.3 is 5.32 Å². The maximum atomic E-state index is 12.9. The van der Waals surface area contributed by atoms with Crippen LogP contribution < -0.4 is 5.32 Å². The van der Waals surface area contributed by atoms with E-state index in [4.69, 9.17) is 0 Å². The second-order valence-corrected chi connectivity index (χ2v) is 9.12. The van der Waals surface area contributed by atoms with Crippen LogP contribution in [0.25, 0.3) is 5.78 Å². The van der Waals surface area contributed by atoms with Gasteiger partial charge in [0.2, 0.25) is 5.91 Å². The first-order chi connectivity index (χ1) is 15.1. The third-order valence-electron chi connectivity index (χ3n) is 5.56. The van der Waals surface area contributed by atoms with E-state index < -0.39 is 12.0 Å². The number of nitrogens with one attached hydrogen (secondary N) is 1. The molecule has 4 rings (SSSR count). The molecule has 1 aliphatic rings. The number of alkyl halides is 3. The predicted octanol–water partition coefficient (Wildman–Crippen LogP) is 3.63. The maximum absolute atomic E-state index is 12.9. The van der Waals surface area contributed by atoms with Gasteiger partial charge in [0.1, 0.15) is 0 Å². The van der Waals surface area contributed by atoms with Crippen molar-refractivity contribution in [2.45, 2.75) is 52.8 Å². The summed E-state index contributed by atoms with van der Waals surface area (Å²) in [4.78, 5) is 27.1. The van der Waals surface area contributed by atoms with Gasteiger partial charge in [-0.3, -0.25) is 9.69 Å². The van der Waals surface area contributed by atoms with Gasteiger partial charge in [-0.25, -0.2) is 14.5 Å². The molecule has 0 radical (unpaired) electrons. The topological polar surface area (TPSA) is 88.3 Å². The molecule has 1 saturated heterocycles. The molecule has 12 heteroatoms. The number of carbonyl (C=O) groups is 1. The molecule has 1 atom stereocenters. The Kier molecular flexibility index (Phi) is 6.17. The Bertz CT molecular complexity index is 1140. The number of hydrogen-bond donors (Lipinski definition) is 1. The molecule has 3 aromatic heterocycles. The first-order valence-electron chi connectivity index (χ1n) is 10.4. The molecule has 4 heterocycles. The molecule has 3 aromatic rings.